The molecule has 0 aliphatic heterocycles. The zero-order valence-electron chi connectivity index (χ0n) is 20.7. The van der Waals surface area contributed by atoms with Gasteiger partial charge in [0, 0.05) is 19.0 Å². The van der Waals surface area contributed by atoms with E-state index in [-0.39, 0.29) is 12.0 Å². The summed E-state index contributed by atoms with van der Waals surface area (Å²) in [6, 6.07) is 8.76. The van der Waals surface area contributed by atoms with E-state index in [0.29, 0.717) is 22.7 Å². The van der Waals surface area contributed by atoms with E-state index in [1.807, 2.05) is 40.0 Å². The fourth-order valence-corrected chi connectivity index (χ4v) is 3.35. The van der Waals surface area contributed by atoms with Crippen LogP contribution < -0.4 is 10.6 Å². The van der Waals surface area contributed by atoms with E-state index in [2.05, 4.69) is 90.4 Å². The number of anilines is 1. The molecule has 0 saturated carbocycles. The molecule has 1 aromatic heterocycles. The molecule has 0 aliphatic carbocycles. The zero-order chi connectivity index (χ0) is 27.3. The summed E-state index contributed by atoms with van der Waals surface area (Å²) in [6.45, 7) is 8.42. The van der Waals surface area contributed by atoms with Crippen LogP contribution >= 0.6 is 67.8 Å². The predicted molar refractivity (Wildman–Crippen MR) is 166 cm³/mol. The van der Waals surface area contributed by atoms with Crippen molar-refractivity contribution < 1.29 is 18.0 Å². The highest BCUT2D eigenvalue weighted by molar-refractivity contribution is 14.3. The standard InChI is InChI=1S/C23H27F3N4O.C2H3I3/c1-22(2,3)11-10-15-12-17(23(24,25)26)9-8-16(15)13-27-21(31)29-19-6-5-7-20-18(19)14-28-30(20)4;1-2(3,4)5/h5-9,12,14H,10-11,13H2,1-4H3,(H2,27,29,31);1H3. The highest BCUT2D eigenvalue weighted by Crippen LogP contribution is 2.34. The maximum atomic E-state index is 13.2. The third-order valence-corrected chi connectivity index (χ3v) is 5.16. The van der Waals surface area contributed by atoms with Crippen molar-refractivity contribution in [1.82, 2.24) is 15.1 Å². The molecule has 0 fully saturated rings. The molecular formula is C25H30F3I3N4O. The third kappa shape index (κ3) is 10.9. The Kier molecular flexibility index (Phi) is 11.2. The van der Waals surface area contributed by atoms with Crippen LogP contribution in [0.4, 0.5) is 23.7 Å². The van der Waals surface area contributed by atoms with Crippen LogP contribution in [0.3, 0.4) is 0 Å². The number of benzene rings is 2. The number of hydrogen-bond acceptors (Lipinski definition) is 2. The van der Waals surface area contributed by atoms with Gasteiger partial charge < -0.3 is 10.6 Å². The summed E-state index contributed by atoms with van der Waals surface area (Å²) in [4.78, 5) is 12.5. The minimum absolute atomic E-state index is 0.0152. The second-order valence-electron chi connectivity index (χ2n) is 9.64. The van der Waals surface area contributed by atoms with Gasteiger partial charge in [-0.3, -0.25) is 4.68 Å². The van der Waals surface area contributed by atoms with Gasteiger partial charge in [-0.15, -0.1) is 0 Å². The predicted octanol–water partition coefficient (Wildman–Crippen LogP) is 8.86. The summed E-state index contributed by atoms with van der Waals surface area (Å²) in [6.07, 6.45) is -1.49. The van der Waals surface area contributed by atoms with Gasteiger partial charge in [0.05, 0.1) is 23.0 Å². The number of nitrogens with zero attached hydrogens (tertiary/aromatic N) is 2. The lowest BCUT2D eigenvalue weighted by atomic mass is 9.87. The quantitative estimate of drug-likeness (QED) is 0.200. The molecule has 0 radical (unpaired) electrons. The van der Waals surface area contributed by atoms with Gasteiger partial charge in [0.1, 0.15) is -0.565 Å². The molecule has 198 valence electrons. The topological polar surface area (TPSA) is 59.0 Å². The lowest BCUT2D eigenvalue weighted by Gasteiger charge is -2.20. The van der Waals surface area contributed by atoms with Gasteiger partial charge in [0.15, 0.2) is 0 Å². The summed E-state index contributed by atoms with van der Waals surface area (Å²) in [5, 5.41) is 10.5. The zero-order valence-corrected chi connectivity index (χ0v) is 27.2. The lowest BCUT2D eigenvalue weighted by molar-refractivity contribution is -0.137. The van der Waals surface area contributed by atoms with Crippen molar-refractivity contribution >= 4 is 90.4 Å². The van der Waals surface area contributed by atoms with Crippen molar-refractivity contribution in [2.45, 2.75) is 52.7 Å². The largest absolute Gasteiger partial charge is 0.416 e. The van der Waals surface area contributed by atoms with Crippen molar-refractivity contribution in [3.8, 4) is 0 Å². The van der Waals surface area contributed by atoms with Gasteiger partial charge >= 0.3 is 12.2 Å². The van der Waals surface area contributed by atoms with Gasteiger partial charge in [0.2, 0.25) is 0 Å². The average molecular weight is 840 g/mol. The number of nitrogens with one attached hydrogen (secondary N) is 2. The summed E-state index contributed by atoms with van der Waals surface area (Å²) in [5.74, 6) is 0. The number of rotatable bonds is 5. The van der Waals surface area contributed by atoms with Crippen LogP contribution in [0.1, 0.15) is 50.8 Å². The molecule has 0 saturated heterocycles. The van der Waals surface area contributed by atoms with E-state index in [1.54, 1.807) is 16.9 Å². The Balaban J connectivity index is 0.000000830. The minimum atomic E-state index is -4.40. The van der Waals surface area contributed by atoms with E-state index in [0.717, 1.165) is 23.4 Å². The maximum Gasteiger partial charge on any atom is 0.416 e. The van der Waals surface area contributed by atoms with Gasteiger partial charge in [-0.05, 0) is 60.6 Å². The second kappa shape index (κ2) is 12.8. The summed E-state index contributed by atoms with van der Waals surface area (Å²) >= 11 is 7.05. The fourth-order valence-electron chi connectivity index (χ4n) is 3.35. The minimum Gasteiger partial charge on any atom is -0.334 e. The normalized spacial score (nSPS) is 12.2. The number of halogens is 6. The van der Waals surface area contributed by atoms with E-state index < -0.39 is 17.8 Å². The molecule has 0 bridgehead atoms. The molecule has 11 heteroatoms. The SMILES string of the molecule is CC(I)(I)I.Cn1ncc2c(NC(=O)NCc3ccc(C(F)(F)F)cc3CCC(C)(C)C)cccc21. The first-order valence-corrected chi connectivity index (χ1v) is 14.4. The van der Waals surface area contributed by atoms with Gasteiger partial charge in [-0.2, -0.15) is 18.3 Å². The van der Waals surface area contributed by atoms with Crippen molar-refractivity contribution in [2.75, 3.05) is 5.32 Å². The number of carbonyl (C=O) groups excluding carboxylic acids is 1. The molecule has 0 unspecified atom stereocenters. The first kappa shape index (κ1) is 31.4. The molecule has 5 nitrogen and oxygen atoms in total. The molecule has 0 spiro atoms. The third-order valence-electron chi connectivity index (χ3n) is 5.16. The molecule has 2 aromatic carbocycles. The van der Waals surface area contributed by atoms with Crippen molar-refractivity contribution in [1.29, 1.82) is 0 Å². The number of carbonyl (C=O) groups is 1. The molecule has 1 heterocycles. The molecule has 2 N–H and O–H groups in total. The molecule has 3 aromatic rings. The molecule has 0 atom stereocenters. The summed E-state index contributed by atoms with van der Waals surface area (Å²) < 4.78 is 41.6. The molecule has 3 rings (SSSR count). The van der Waals surface area contributed by atoms with E-state index in [4.69, 9.17) is 0 Å². The average Bonchev–Trinajstić information content (AvgIpc) is 3.10. The molecule has 2 amide bonds. The number of hydrogen-bond donors (Lipinski definition) is 2. The Morgan fingerprint density at radius 2 is 1.67 bits per heavy atom. The van der Waals surface area contributed by atoms with Gasteiger partial charge in [-0.1, -0.05) is 101 Å². The number of aryl methyl sites for hydroxylation is 2. The Labute approximate surface area is 251 Å². The second-order valence-corrected chi connectivity index (χ2v) is 22.3. The molecule has 0 aliphatic rings. The summed E-state index contributed by atoms with van der Waals surface area (Å²) in [5.41, 5.74) is 2.08. The van der Waals surface area contributed by atoms with Crippen LogP contribution in [0.2, 0.25) is 0 Å². The van der Waals surface area contributed by atoms with Gasteiger partial charge in [0.25, 0.3) is 0 Å². The number of alkyl halides is 6. The number of aromatic nitrogens is 2. The number of fused-ring (bicyclic) bond motifs is 1. The van der Waals surface area contributed by atoms with Crippen LogP contribution in [0, 0.1) is 5.41 Å². The Morgan fingerprint density at radius 1 is 1.03 bits per heavy atom. The fraction of sp³-hybridized carbons (Fsp3) is 0.440. The van der Waals surface area contributed by atoms with E-state index in [1.165, 1.54) is 12.1 Å². The van der Waals surface area contributed by atoms with Crippen LogP contribution in [-0.4, -0.2) is 15.2 Å². The smallest absolute Gasteiger partial charge is 0.334 e. The monoisotopic (exact) mass is 840 g/mol. The molecular weight excluding hydrogens is 810 g/mol. The van der Waals surface area contributed by atoms with Crippen LogP contribution in [0.5, 0.6) is 0 Å². The Bertz CT molecular complexity index is 1180. The molecule has 36 heavy (non-hydrogen) atoms. The summed E-state index contributed by atoms with van der Waals surface area (Å²) in [7, 11) is 1.82. The lowest BCUT2D eigenvalue weighted by Crippen LogP contribution is -2.28. The highest BCUT2D eigenvalue weighted by Gasteiger charge is 2.31. The first-order chi connectivity index (χ1) is 16.4. The Morgan fingerprint density at radius 3 is 2.25 bits per heavy atom. The first-order valence-electron chi connectivity index (χ1n) is 11.2. The van der Waals surface area contributed by atoms with Crippen LogP contribution in [-0.2, 0) is 26.2 Å². The van der Waals surface area contributed by atoms with Crippen LogP contribution in [0.25, 0.3) is 10.9 Å². The Hall–Kier alpha value is -0.840. The number of urea groups is 1. The van der Waals surface area contributed by atoms with Crippen molar-refractivity contribution in [3.05, 3.63) is 59.3 Å². The van der Waals surface area contributed by atoms with Crippen molar-refractivity contribution in [2.24, 2.45) is 12.5 Å². The van der Waals surface area contributed by atoms with E-state index in [9.17, 15) is 18.0 Å². The van der Waals surface area contributed by atoms with Gasteiger partial charge in [-0.25, -0.2) is 4.79 Å². The van der Waals surface area contributed by atoms with Crippen molar-refractivity contribution in [3.63, 3.8) is 0 Å². The highest BCUT2D eigenvalue weighted by atomic mass is 127. The maximum absolute atomic E-state index is 13.2. The van der Waals surface area contributed by atoms with E-state index >= 15 is 0 Å². The van der Waals surface area contributed by atoms with Crippen LogP contribution in [0.15, 0.2) is 42.6 Å². The number of amides is 2.